The number of ether oxygens (including phenoxy) is 1. The lowest BCUT2D eigenvalue weighted by Crippen LogP contribution is -2.20. The van der Waals surface area contributed by atoms with Crippen LogP contribution in [0.5, 0.6) is 5.75 Å². The second kappa shape index (κ2) is 11.0. The summed E-state index contributed by atoms with van der Waals surface area (Å²) >= 11 is 6.86. The molecule has 0 saturated heterocycles. The van der Waals surface area contributed by atoms with Gasteiger partial charge in [-0.05, 0) is 67.3 Å². The molecule has 3 rings (SSSR count). The third kappa shape index (κ3) is 6.44. The van der Waals surface area contributed by atoms with Gasteiger partial charge in [0, 0.05) is 11.6 Å². The summed E-state index contributed by atoms with van der Waals surface area (Å²) in [5.41, 5.74) is 3.90. The minimum atomic E-state index is -0.529. The summed E-state index contributed by atoms with van der Waals surface area (Å²) in [4.78, 5) is 22.6. The van der Waals surface area contributed by atoms with Crippen LogP contribution in [-0.4, -0.2) is 17.0 Å². The molecule has 0 aliphatic carbocycles. The Hall–Kier alpha value is -3.11. The second-order valence-electron chi connectivity index (χ2n) is 6.59. The van der Waals surface area contributed by atoms with Crippen molar-refractivity contribution in [2.24, 2.45) is 5.10 Å². The molecule has 0 radical (unpaired) electrons. The molecule has 0 aromatic heterocycles. The Bertz CT molecular complexity index is 1160. The number of nitrogens with one attached hydrogen (secondary N) is 1. The number of carbonyl (C=O) groups is 1. The van der Waals surface area contributed by atoms with E-state index in [-0.39, 0.29) is 24.5 Å². The third-order valence-corrected chi connectivity index (χ3v) is 5.41. The molecule has 0 saturated carbocycles. The fraction of sp³-hybridized carbons (Fsp3) is 0.0909. The third-order valence-electron chi connectivity index (χ3n) is 4.24. The quantitative estimate of drug-likeness (QED) is 0.221. The number of rotatable bonds is 8. The molecule has 0 fully saturated rings. The molecular formula is C22H16Br2FN3O4. The molecular weight excluding hydrogens is 549 g/mol. The molecule has 7 nitrogen and oxygen atoms in total. The molecule has 0 atom stereocenters. The van der Waals surface area contributed by atoms with Crippen LogP contribution in [0, 0.1) is 15.9 Å². The first-order chi connectivity index (χ1) is 15.3. The number of benzene rings is 3. The summed E-state index contributed by atoms with van der Waals surface area (Å²) in [6.07, 6.45) is 1.26. The van der Waals surface area contributed by atoms with E-state index in [0.717, 1.165) is 0 Å². The van der Waals surface area contributed by atoms with Gasteiger partial charge >= 0.3 is 0 Å². The van der Waals surface area contributed by atoms with Gasteiger partial charge in [-0.3, -0.25) is 14.9 Å². The van der Waals surface area contributed by atoms with E-state index in [9.17, 15) is 19.3 Å². The Kier molecular flexibility index (Phi) is 8.07. The lowest BCUT2D eigenvalue weighted by atomic mass is 10.1. The molecule has 1 amide bonds. The van der Waals surface area contributed by atoms with Crippen LogP contribution in [0.1, 0.15) is 16.7 Å². The van der Waals surface area contributed by atoms with Crippen molar-refractivity contribution >= 4 is 49.7 Å². The molecule has 0 heterocycles. The van der Waals surface area contributed by atoms with Crippen LogP contribution in [0.4, 0.5) is 10.1 Å². The normalized spacial score (nSPS) is 10.8. The van der Waals surface area contributed by atoms with Gasteiger partial charge in [0.15, 0.2) is 0 Å². The molecule has 0 bridgehead atoms. The minimum Gasteiger partial charge on any atom is -0.487 e. The SMILES string of the molecule is O=C(Cc1ccccc1[N+](=O)[O-])N/N=C/c1cc(Br)c(OCc2cccc(F)c2)c(Br)c1. The maximum absolute atomic E-state index is 13.3. The van der Waals surface area contributed by atoms with Crippen molar-refractivity contribution in [2.75, 3.05) is 0 Å². The van der Waals surface area contributed by atoms with Crippen LogP contribution in [0.15, 0.2) is 74.7 Å². The van der Waals surface area contributed by atoms with Gasteiger partial charge in [0.25, 0.3) is 5.69 Å². The van der Waals surface area contributed by atoms with E-state index in [1.807, 2.05) is 0 Å². The van der Waals surface area contributed by atoms with E-state index in [1.165, 1.54) is 30.5 Å². The second-order valence-corrected chi connectivity index (χ2v) is 8.30. The number of nitrogens with zero attached hydrogens (tertiary/aromatic N) is 2. The number of hydrazone groups is 1. The first-order valence-electron chi connectivity index (χ1n) is 9.24. The molecule has 10 heteroatoms. The summed E-state index contributed by atoms with van der Waals surface area (Å²) in [5, 5.41) is 15.0. The summed E-state index contributed by atoms with van der Waals surface area (Å²) in [6, 6.07) is 15.7. The van der Waals surface area contributed by atoms with Gasteiger partial charge in [0.1, 0.15) is 18.2 Å². The Morgan fingerprint density at radius 2 is 1.84 bits per heavy atom. The van der Waals surface area contributed by atoms with Gasteiger partial charge in [-0.2, -0.15) is 5.10 Å². The molecule has 32 heavy (non-hydrogen) atoms. The monoisotopic (exact) mass is 563 g/mol. The van der Waals surface area contributed by atoms with Crippen molar-refractivity contribution in [1.29, 1.82) is 0 Å². The largest absolute Gasteiger partial charge is 0.487 e. The molecule has 0 unspecified atom stereocenters. The van der Waals surface area contributed by atoms with Gasteiger partial charge in [-0.25, -0.2) is 9.82 Å². The molecule has 0 spiro atoms. The Morgan fingerprint density at radius 3 is 2.53 bits per heavy atom. The fourth-order valence-corrected chi connectivity index (χ4v) is 4.25. The van der Waals surface area contributed by atoms with Crippen molar-refractivity contribution in [3.8, 4) is 5.75 Å². The van der Waals surface area contributed by atoms with Crippen LogP contribution >= 0.6 is 31.9 Å². The van der Waals surface area contributed by atoms with Gasteiger partial charge < -0.3 is 4.74 Å². The minimum absolute atomic E-state index is 0.117. The first-order valence-corrected chi connectivity index (χ1v) is 10.8. The lowest BCUT2D eigenvalue weighted by molar-refractivity contribution is -0.385. The van der Waals surface area contributed by atoms with E-state index >= 15 is 0 Å². The van der Waals surface area contributed by atoms with E-state index in [0.29, 0.717) is 31.4 Å². The van der Waals surface area contributed by atoms with Crippen molar-refractivity contribution in [3.05, 3.63) is 102 Å². The summed E-state index contributed by atoms with van der Waals surface area (Å²) in [6.45, 7) is 0.185. The standard InChI is InChI=1S/C22H16Br2FN3O4/c23-18-9-15(10-19(24)22(18)32-13-14-4-3-6-17(25)8-14)12-26-27-21(29)11-16-5-1-2-7-20(16)28(30)31/h1-10,12H,11,13H2,(H,27,29)/b26-12+. The highest BCUT2D eigenvalue weighted by Gasteiger charge is 2.15. The number of para-hydroxylation sites is 1. The summed E-state index contributed by atoms with van der Waals surface area (Å²) in [5.74, 6) is -0.282. The van der Waals surface area contributed by atoms with Crippen molar-refractivity contribution in [2.45, 2.75) is 13.0 Å². The number of halogens is 3. The molecule has 3 aromatic rings. The van der Waals surface area contributed by atoms with Gasteiger partial charge in [-0.15, -0.1) is 0 Å². The topological polar surface area (TPSA) is 93.8 Å². The number of nitro groups is 1. The predicted octanol–water partition coefficient (Wildman–Crippen LogP) is 5.53. The Labute approximate surface area is 199 Å². The first kappa shape index (κ1) is 23.6. The van der Waals surface area contributed by atoms with Crippen molar-refractivity contribution in [3.63, 3.8) is 0 Å². The predicted molar refractivity (Wildman–Crippen MR) is 125 cm³/mol. The zero-order valence-electron chi connectivity index (χ0n) is 16.4. The van der Waals surface area contributed by atoms with Crippen molar-refractivity contribution in [1.82, 2.24) is 5.43 Å². The highest BCUT2D eigenvalue weighted by molar-refractivity contribution is 9.11. The number of nitro benzene ring substituents is 1. The highest BCUT2D eigenvalue weighted by Crippen LogP contribution is 2.35. The molecule has 164 valence electrons. The van der Waals surface area contributed by atoms with Crippen LogP contribution in [0.2, 0.25) is 0 Å². The maximum atomic E-state index is 13.3. The lowest BCUT2D eigenvalue weighted by Gasteiger charge is -2.11. The molecule has 0 aliphatic heterocycles. The fourth-order valence-electron chi connectivity index (χ4n) is 2.80. The molecule has 0 aliphatic rings. The molecule has 1 N–H and O–H groups in total. The zero-order chi connectivity index (χ0) is 23.1. The van der Waals surface area contributed by atoms with E-state index in [2.05, 4.69) is 42.4 Å². The Balaban J connectivity index is 1.61. The number of carbonyl (C=O) groups excluding carboxylic acids is 1. The number of hydrogen-bond acceptors (Lipinski definition) is 5. The average molecular weight is 565 g/mol. The summed E-state index contributed by atoms with van der Waals surface area (Å²) in [7, 11) is 0. The van der Waals surface area contributed by atoms with Crippen LogP contribution < -0.4 is 10.2 Å². The smallest absolute Gasteiger partial charge is 0.273 e. The van der Waals surface area contributed by atoms with Gasteiger partial charge in [0.2, 0.25) is 5.91 Å². The Morgan fingerprint density at radius 1 is 1.12 bits per heavy atom. The van der Waals surface area contributed by atoms with Gasteiger partial charge in [0.05, 0.1) is 26.5 Å². The van der Waals surface area contributed by atoms with E-state index < -0.39 is 10.8 Å². The zero-order valence-corrected chi connectivity index (χ0v) is 19.6. The molecule has 3 aromatic carbocycles. The van der Waals surface area contributed by atoms with E-state index in [4.69, 9.17) is 4.74 Å². The van der Waals surface area contributed by atoms with Gasteiger partial charge in [-0.1, -0.05) is 30.3 Å². The van der Waals surface area contributed by atoms with Crippen LogP contribution in [0.3, 0.4) is 0 Å². The average Bonchev–Trinajstić information content (AvgIpc) is 2.73. The number of amides is 1. The highest BCUT2D eigenvalue weighted by atomic mass is 79.9. The van der Waals surface area contributed by atoms with Crippen LogP contribution in [-0.2, 0) is 17.8 Å². The summed E-state index contributed by atoms with van der Waals surface area (Å²) < 4.78 is 20.4. The van der Waals surface area contributed by atoms with E-state index in [1.54, 1.807) is 36.4 Å². The van der Waals surface area contributed by atoms with Crippen molar-refractivity contribution < 1.29 is 18.8 Å². The maximum Gasteiger partial charge on any atom is 0.273 e. The van der Waals surface area contributed by atoms with Crippen LogP contribution in [0.25, 0.3) is 0 Å². The number of hydrogen-bond donors (Lipinski definition) is 1.